The molecule has 0 radical (unpaired) electrons. The lowest BCUT2D eigenvalue weighted by molar-refractivity contribution is -0.127. The van der Waals surface area contributed by atoms with E-state index in [2.05, 4.69) is 20.5 Å². The Balaban J connectivity index is 1.53. The number of benzene rings is 1. The van der Waals surface area contributed by atoms with Gasteiger partial charge in [0.1, 0.15) is 22.7 Å². The fourth-order valence-electron chi connectivity index (χ4n) is 5.43. The third-order valence-corrected chi connectivity index (χ3v) is 7.64. The predicted octanol–water partition coefficient (Wildman–Crippen LogP) is 5.68. The third-order valence-electron chi connectivity index (χ3n) is 7.64. The lowest BCUT2D eigenvalue weighted by Gasteiger charge is -2.42. The number of pyridine rings is 1. The van der Waals surface area contributed by atoms with E-state index in [9.17, 15) is 14.4 Å². The smallest absolute Gasteiger partial charge is 0.414 e. The molecule has 2 atom stereocenters. The summed E-state index contributed by atoms with van der Waals surface area (Å²) in [6.07, 6.45) is 4.40. The number of nitrogens with zero attached hydrogens (tertiary/aromatic N) is 3. The predicted molar refractivity (Wildman–Crippen MR) is 159 cm³/mol. The van der Waals surface area contributed by atoms with E-state index in [1.165, 1.54) is 17.0 Å². The van der Waals surface area contributed by atoms with Crippen LogP contribution in [-0.4, -0.2) is 65.7 Å². The normalized spacial score (nSPS) is 20.5. The van der Waals surface area contributed by atoms with Crippen LogP contribution < -0.4 is 15.5 Å². The minimum atomic E-state index is -1.15. The molecule has 2 aliphatic rings. The van der Waals surface area contributed by atoms with Gasteiger partial charge < -0.3 is 20.1 Å². The SMILES string of the molecule is CCCCOC(=O)c1ccc(N[C@H]2CCCN(C3(C)C(=O)Nc4c(N(CC)C(=O)OC(C)(C)C)cc(F)cc43)C2)cn1. The lowest BCUT2D eigenvalue weighted by Crippen LogP contribution is -2.55. The van der Waals surface area contributed by atoms with Crippen LogP contribution in [0, 0.1) is 5.82 Å². The second kappa shape index (κ2) is 12.6. The van der Waals surface area contributed by atoms with Crippen molar-refractivity contribution in [1.82, 2.24) is 9.88 Å². The highest BCUT2D eigenvalue weighted by Gasteiger charge is 2.50. The van der Waals surface area contributed by atoms with E-state index >= 15 is 4.39 Å². The van der Waals surface area contributed by atoms with E-state index < -0.39 is 29.0 Å². The summed E-state index contributed by atoms with van der Waals surface area (Å²) in [6.45, 7) is 12.6. The molecule has 228 valence electrons. The summed E-state index contributed by atoms with van der Waals surface area (Å²) in [6, 6.07) is 6.04. The van der Waals surface area contributed by atoms with E-state index in [4.69, 9.17) is 9.47 Å². The van der Waals surface area contributed by atoms with E-state index in [1.807, 2.05) is 6.92 Å². The van der Waals surface area contributed by atoms with Crippen molar-refractivity contribution in [2.75, 3.05) is 41.8 Å². The maximum absolute atomic E-state index is 15.1. The van der Waals surface area contributed by atoms with E-state index in [1.54, 1.807) is 52.9 Å². The molecular formula is C31H42FN5O5. The number of anilines is 3. The second-order valence-corrected chi connectivity index (χ2v) is 11.9. The Labute approximate surface area is 246 Å². The van der Waals surface area contributed by atoms with Gasteiger partial charge in [-0.25, -0.2) is 19.0 Å². The number of piperidine rings is 1. The Morgan fingerprint density at radius 1 is 1.26 bits per heavy atom. The molecule has 11 heteroatoms. The van der Waals surface area contributed by atoms with Crippen LogP contribution in [0.4, 0.5) is 26.2 Å². The van der Waals surface area contributed by atoms with Crippen molar-refractivity contribution in [2.24, 2.45) is 0 Å². The molecule has 2 aromatic rings. The monoisotopic (exact) mass is 583 g/mol. The number of hydrogen-bond acceptors (Lipinski definition) is 8. The molecule has 1 saturated heterocycles. The number of likely N-dealkylation sites (tertiary alicyclic amines) is 1. The van der Waals surface area contributed by atoms with Crippen molar-refractivity contribution in [3.8, 4) is 0 Å². The van der Waals surface area contributed by atoms with Gasteiger partial charge in [-0.1, -0.05) is 13.3 Å². The van der Waals surface area contributed by atoms with Crippen molar-refractivity contribution in [3.63, 3.8) is 0 Å². The van der Waals surface area contributed by atoms with Crippen molar-refractivity contribution in [1.29, 1.82) is 0 Å². The first kappa shape index (κ1) is 31.2. The van der Waals surface area contributed by atoms with Gasteiger partial charge in [0.15, 0.2) is 0 Å². The lowest BCUT2D eigenvalue weighted by atomic mass is 9.88. The van der Waals surface area contributed by atoms with Gasteiger partial charge >= 0.3 is 12.1 Å². The number of carbonyl (C=O) groups is 3. The first-order valence-electron chi connectivity index (χ1n) is 14.7. The number of ether oxygens (including phenoxy) is 2. The second-order valence-electron chi connectivity index (χ2n) is 11.9. The van der Waals surface area contributed by atoms with Gasteiger partial charge in [-0.05, 0) is 84.7 Å². The third kappa shape index (κ3) is 6.67. The Hall–Kier alpha value is -3.73. The summed E-state index contributed by atoms with van der Waals surface area (Å²) in [4.78, 5) is 46.4. The van der Waals surface area contributed by atoms with E-state index in [0.717, 1.165) is 31.4 Å². The zero-order valence-corrected chi connectivity index (χ0v) is 25.4. The minimum absolute atomic E-state index is 0.0153. The number of aromatic nitrogens is 1. The van der Waals surface area contributed by atoms with E-state index in [0.29, 0.717) is 30.9 Å². The van der Waals surface area contributed by atoms with Crippen LogP contribution in [0.2, 0.25) is 0 Å². The largest absolute Gasteiger partial charge is 0.461 e. The molecule has 3 heterocycles. The summed E-state index contributed by atoms with van der Waals surface area (Å²) < 4.78 is 25.9. The van der Waals surface area contributed by atoms with Crippen molar-refractivity contribution >= 4 is 35.0 Å². The molecular weight excluding hydrogens is 541 g/mol. The van der Waals surface area contributed by atoms with Crippen LogP contribution >= 0.6 is 0 Å². The first-order valence-corrected chi connectivity index (χ1v) is 14.7. The van der Waals surface area contributed by atoms with E-state index in [-0.39, 0.29) is 29.9 Å². The highest BCUT2D eigenvalue weighted by molar-refractivity contribution is 6.10. The average Bonchev–Trinajstić information content (AvgIpc) is 3.19. The Kier molecular flexibility index (Phi) is 9.40. The highest BCUT2D eigenvalue weighted by atomic mass is 19.1. The number of fused-ring (bicyclic) bond motifs is 1. The van der Waals surface area contributed by atoms with Gasteiger partial charge in [0, 0.05) is 24.7 Å². The summed E-state index contributed by atoms with van der Waals surface area (Å²) in [5.74, 6) is -1.27. The maximum atomic E-state index is 15.1. The van der Waals surface area contributed by atoms with Crippen molar-refractivity contribution in [3.05, 3.63) is 47.5 Å². The molecule has 42 heavy (non-hydrogen) atoms. The maximum Gasteiger partial charge on any atom is 0.414 e. The summed E-state index contributed by atoms with van der Waals surface area (Å²) in [7, 11) is 0. The zero-order valence-electron chi connectivity index (χ0n) is 25.4. The van der Waals surface area contributed by atoms with Crippen LogP contribution in [-0.2, 0) is 19.8 Å². The molecule has 1 aromatic heterocycles. The Morgan fingerprint density at radius 2 is 2.02 bits per heavy atom. The molecule has 10 nitrogen and oxygen atoms in total. The van der Waals surface area contributed by atoms with Gasteiger partial charge in [0.2, 0.25) is 5.91 Å². The van der Waals surface area contributed by atoms with Gasteiger partial charge in [0.25, 0.3) is 0 Å². The number of amides is 2. The molecule has 2 aliphatic heterocycles. The molecule has 1 unspecified atom stereocenters. The number of hydrogen-bond donors (Lipinski definition) is 2. The number of halogens is 1. The topological polar surface area (TPSA) is 113 Å². The van der Waals surface area contributed by atoms with Gasteiger partial charge in [-0.15, -0.1) is 0 Å². The standard InChI is InChI=1S/C31H42FN5O5/c1-7-9-15-41-27(38)24-13-12-21(18-33-24)34-22-11-10-14-36(19-22)31(6)23-16-20(32)17-25(26(23)35-28(31)39)37(8-2)29(40)42-30(3,4)5/h12-13,16-18,22,34H,7-11,14-15,19H2,1-6H3,(H,35,39)/t22-,31?/m0/s1. The number of esters is 1. The van der Waals surface area contributed by atoms with Crippen molar-refractivity contribution in [2.45, 2.75) is 84.4 Å². The number of unbranched alkanes of at least 4 members (excludes halogenated alkanes) is 1. The van der Waals surface area contributed by atoms with Gasteiger partial charge in [0.05, 0.1) is 29.9 Å². The van der Waals surface area contributed by atoms with Crippen LogP contribution in [0.5, 0.6) is 0 Å². The van der Waals surface area contributed by atoms with Gasteiger partial charge in [-0.2, -0.15) is 0 Å². The Morgan fingerprint density at radius 3 is 2.67 bits per heavy atom. The zero-order chi connectivity index (χ0) is 30.7. The average molecular weight is 584 g/mol. The fourth-order valence-corrected chi connectivity index (χ4v) is 5.43. The molecule has 0 aliphatic carbocycles. The van der Waals surface area contributed by atoms with Crippen LogP contribution in [0.25, 0.3) is 0 Å². The van der Waals surface area contributed by atoms with Crippen LogP contribution in [0.15, 0.2) is 30.5 Å². The fraction of sp³-hybridized carbons (Fsp3) is 0.548. The molecule has 1 fully saturated rings. The minimum Gasteiger partial charge on any atom is -0.461 e. The summed E-state index contributed by atoms with van der Waals surface area (Å²) in [5.41, 5.74) is 0.281. The summed E-state index contributed by atoms with van der Waals surface area (Å²) >= 11 is 0. The van der Waals surface area contributed by atoms with Gasteiger partial charge in [-0.3, -0.25) is 14.6 Å². The quantitative estimate of drug-likeness (QED) is 0.286. The molecule has 1 aromatic carbocycles. The van der Waals surface area contributed by atoms with Crippen molar-refractivity contribution < 1.29 is 28.2 Å². The van der Waals surface area contributed by atoms with Crippen LogP contribution in [0.1, 0.15) is 83.3 Å². The number of carbonyl (C=O) groups excluding carboxylic acids is 3. The summed E-state index contributed by atoms with van der Waals surface area (Å²) in [5, 5.41) is 6.41. The molecule has 0 spiro atoms. The molecule has 4 rings (SSSR count). The molecule has 2 amide bonds. The Bertz CT molecular complexity index is 1310. The molecule has 2 N–H and O–H groups in total. The number of nitrogens with one attached hydrogen (secondary N) is 2. The molecule has 0 saturated carbocycles. The highest BCUT2D eigenvalue weighted by Crippen LogP contribution is 2.46. The van der Waals surface area contributed by atoms with Crippen LogP contribution in [0.3, 0.4) is 0 Å². The number of rotatable bonds is 9. The molecule has 0 bridgehead atoms. The first-order chi connectivity index (χ1) is 19.9.